The monoisotopic (exact) mass is 293 g/mol. The molecule has 0 amide bonds. The highest BCUT2D eigenvalue weighted by Gasteiger charge is 2.06. The van der Waals surface area contributed by atoms with Crippen LogP contribution >= 0.6 is 11.8 Å². The van der Waals surface area contributed by atoms with Crippen LogP contribution in [-0.2, 0) is 5.75 Å². The van der Waals surface area contributed by atoms with Gasteiger partial charge in [0, 0.05) is 10.6 Å². The summed E-state index contributed by atoms with van der Waals surface area (Å²) in [7, 11) is 3.20. The Morgan fingerprint density at radius 1 is 1.05 bits per heavy atom. The molecule has 0 radical (unpaired) electrons. The molecular weight excluding hydrogens is 277 g/mol. The fourth-order valence-corrected chi connectivity index (χ4v) is 2.60. The maximum absolute atomic E-state index is 13.3. The number of methoxy groups -OCH3 is 2. The number of nitrogens with two attached hydrogens (primary N) is 1. The largest absolute Gasteiger partial charge is 0.493 e. The molecule has 0 bridgehead atoms. The predicted molar refractivity (Wildman–Crippen MR) is 79.9 cm³/mol. The first-order valence-corrected chi connectivity index (χ1v) is 7.01. The first-order chi connectivity index (χ1) is 9.63. The van der Waals surface area contributed by atoms with Gasteiger partial charge in [-0.2, -0.15) is 0 Å². The van der Waals surface area contributed by atoms with Crippen LogP contribution in [-0.4, -0.2) is 14.2 Å². The number of nitrogen functional groups attached to an aromatic ring is 1. The van der Waals surface area contributed by atoms with Crippen molar-refractivity contribution in [1.82, 2.24) is 0 Å². The predicted octanol–water partition coefficient (Wildman–Crippen LogP) is 3.72. The maximum Gasteiger partial charge on any atom is 0.161 e. The van der Waals surface area contributed by atoms with Crippen LogP contribution in [0, 0.1) is 5.82 Å². The van der Waals surface area contributed by atoms with E-state index in [9.17, 15) is 4.39 Å². The molecule has 3 nitrogen and oxygen atoms in total. The van der Waals surface area contributed by atoms with Crippen molar-refractivity contribution in [1.29, 1.82) is 0 Å². The summed E-state index contributed by atoms with van der Waals surface area (Å²) in [5.41, 5.74) is 6.69. The molecule has 0 aliphatic rings. The summed E-state index contributed by atoms with van der Waals surface area (Å²) in [6.45, 7) is 0. The van der Waals surface area contributed by atoms with E-state index in [1.165, 1.54) is 17.8 Å². The lowest BCUT2D eigenvalue weighted by atomic mass is 10.2. The van der Waals surface area contributed by atoms with E-state index in [1.54, 1.807) is 20.3 Å². The Bertz CT molecular complexity index is 604. The lowest BCUT2D eigenvalue weighted by Crippen LogP contribution is -1.92. The molecule has 0 heterocycles. The summed E-state index contributed by atoms with van der Waals surface area (Å²) in [5.74, 6) is 1.71. The Hall–Kier alpha value is -1.88. The van der Waals surface area contributed by atoms with E-state index in [0.717, 1.165) is 10.5 Å². The van der Waals surface area contributed by atoms with Gasteiger partial charge in [0.25, 0.3) is 0 Å². The van der Waals surface area contributed by atoms with E-state index in [-0.39, 0.29) is 11.5 Å². The smallest absolute Gasteiger partial charge is 0.161 e. The fourth-order valence-electron chi connectivity index (χ4n) is 1.73. The summed E-state index contributed by atoms with van der Waals surface area (Å²) < 4.78 is 23.8. The van der Waals surface area contributed by atoms with E-state index in [4.69, 9.17) is 15.2 Å². The molecule has 2 aromatic rings. The number of thioether (sulfide) groups is 1. The van der Waals surface area contributed by atoms with Crippen molar-refractivity contribution in [3.63, 3.8) is 0 Å². The fraction of sp³-hybridized carbons (Fsp3) is 0.200. The summed E-state index contributed by atoms with van der Waals surface area (Å²) in [6, 6.07) is 10.6. The highest BCUT2D eigenvalue weighted by molar-refractivity contribution is 7.98. The van der Waals surface area contributed by atoms with E-state index < -0.39 is 0 Å². The molecule has 2 N–H and O–H groups in total. The quantitative estimate of drug-likeness (QED) is 0.674. The minimum absolute atomic E-state index is 0.167. The van der Waals surface area contributed by atoms with Gasteiger partial charge in [-0.3, -0.25) is 0 Å². The van der Waals surface area contributed by atoms with E-state index in [2.05, 4.69) is 0 Å². The maximum atomic E-state index is 13.3. The SMILES string of the molecule is COc1ccc(CSc2ccc(N)c(F)c2)cc1OC. The van der Waals surface area contributed by atoms with E-state index in [0.29, 0.717) is 17.3 Å². The van der Waals surface area contributed by atoms with Crippen molar-refractivity contribution >= 4 is 17.4 Å². The van der Waals surface area contributed by atoms with Gasteiger partial charge in [-0.05, 0) is 35.9 Å². The number of halogens is 1. The first-order valence-electron chi connectivity index (χ1n) is 6.02. The first kappa shape index (κ1) is 14.5. The molecule has 0 fully saturated rings. The molecule has 0 aliphatic carbocycles. The Morgan fingerprint density at radius 2 is 1.80 bits per heavy atom. The number of rotatable bonds is 5. The Labute approximate surface area is 121 Å². The molecular formula is C15H16FNO2S. The van der Waals surface area contributed by atoms with Gasteiger partial charge < -0.3 is 15.2 Å². The average molecular weight is 293 g/mol. The average Bonchev–Trinajstić information content (AvgIpc) is 2.48. The van der Waals surface area contributed by atoms with Gasteiger partial charge in [-0.15, -0.1) is 11.8 Å². The highest BCUT2D eigenvalue weighted by Crippen LogP contribution is 2.31. The molecule has 0 unspecified atom stereocenters. The van der Waals surface area contributed by atoms with Gasteiger partial charge in [0.05, 0.1) is 19.9 Å². The third kappa shape index (κ3) is 3.36. The third-order valence-electron chi connectivity index (χ3n) is 2.83. The minimum Gasteiger partial charge on any atom is -0.493 e. The molecule has 0 aromatic heterocycles. The summed E-state index contributed by atoms with van der Waals surface area (Å²) >= 11 is 1.54. The van der Waals surface area contributed by atoms with Crippen molar-refractivity contribution in [2.24, 2.45) is 0 Å². The normalized spacial score (nSPS) is 10.3. The zero-order chi connectivity index (χ0) is 14.5. The van der Waals surface area contributed by atoms with Crippen LogP contribution < -0.4 is 15.2 Å². The number of benzene rings is 2. The van der Waals surface area contributed by atoms with E-state index >= 15 is 0 Å². The second-order valence-electron chi connectivity index (χ2n) is 4.16. The Kier molecular flexibility index (Phi) is 4.74. The topological polar surface area (TPSA) is 44.5 Å². The van der Waals surface area contributed by atoms with Crippen molar-refractivity contribution in [2.75, 3.05) is 20.0 Å². The second-order valence-corrected chi connectivity index (χ2v) is 5.21. The molecule has 0 saturated heterocycles. The zero-order valence-electron chi connectivity index (χ0n) is 11.4. The number of hydrogen-bond acceptors (Lipinski definition) is 4. The van der Waals surface area contributed by atoms with Gasteiger partial charge in [-0.1, -0.05) is 6.07 Å². The Morgan fingerprint density at radius 3 is 2.45 bits per heavy atom. The molecule has 0 saturated carbocycles. The lowest BCUT2D eigenvalue weighted by Gasteiger charge is -2.09. The second kappa shape index (κ2) is 6.52. The molecule has 0 aliphatic heterocycles. The third-order valence-corrected chi connectivity index (χ3v) is 3.89. The molecule has 5 heteroatoms. The van der Waals surface area contributed by atoms with Crippen LogP contribution in [0.1, 0.15) is 5.56 Å². The molecule has 106 valence electrons. The standard InChI is InChI=1S/C15H16FNO2S/c1-18-14-6-3-10(7-15(14)19-2)9-20-11-4-5-13(17)12(16)8-11/h3-8H,9,17H2,1-2H3. The van der Waals surface area contributed by atoms with Crippen LogP contribution in [0.25, 0.3) is 0 Å². The molecule has 20 heavy (non-hydrogen) atoms. The van der Waals surface area contributed by atoms with Crippen LogP contribution in [0.3, 0.4) is 0 Å². The minimum atomic E-state index is -0.387. The molecule has 2 aromatic carbocycles. The van der Waals surface area contributed by atoms with Crippen molar-refractivity contribution in [3.05, 3.63) is 47.8 Å². The van der Waals surface area contributed by atoms with Gasteiger partial charge in [0.2, 0.25) is 0 Å². The van der Waals surface area contributed by atoms with Gasteiger partial charge in [0.15, 0.2) is 11.5 Å². The molecule has 0 atom stereocenters. The van der Waals surface area contributed by atoms with Crippen LogP contribution in [0.4, 0.5) is 10.1 Å². The van der Waals surface area contributed by atoms with Crippen molar-refractivity contribution in [3.8, 4) is 11.5 Å². The van der Waals surface area contributed by atoms with Crippen molar-refractivity contribution < 1.29 is 13.9 Å². The van der Waals surface area contributed by atoms with E-state index in [1.807, 2.05) is 24.3 Å². The summed E-state index contributed by atoms with van der Waals surface area (Å²) in [4.78, 5) is 0.839. The Balaban J connectivity index is 2.08. The van der Waals surface area contributed by atoms with Gasteiger partial charge >= 0.3 is 0 Å². The van der Waals surface area contributed by atoms with Gasteiger partial charge in [0.1, 0.15) is 5.82 Å². The number of ether oxygens (including phenoxy) is 2. The molecule has 2 rings (SSSR count). The lowest BCUT2D eigenvalue weighted by molar-refractivity contribution is 0.354. The summed E-state index contributed by atoms with van der Waals surface area (Å²) in [5, 5.41) is 0. The van der Waals surface area contributed by atoms with Crippen LogP contribution in [0.5, 0.6) is 11.5 Å². The zero-order valence-corrected chi connectivity index (χ0v) is 12.2. The molecule has 0 spiro atoms. The summed E-state index contributed by atoms with van der Waals surface area (Å²) in [6.07, 6.45) is 0. The van der Waals surface area contributed by atoms with Crippen molar-refractivity contribution in [2.45, 2.75) is 10.6 Å². The number of hydrogen-bond donors (Lipinski definition) is 1. The van der Waals surface area contributed by atoms with Crippen LogP contribution in [0.15, 0.2) is 41.3 Å². The van der Waals surface area contributed by atoms with Gasteiger partial charge in [-0.25, -0.2) is 4.39 Å². The van der Waals surface area contributed by atoms with Crippen LogP contribution in [0.2, 0.25) is 0 Å². The highest BCUT2D eigenvalue weighted by atomic mass is 32.2. The number of anilines is 1.